The maximum absolute atomic E-state index is 4.74. The summed E-state index contributed by atoms with van der Waals surface area (Å²) in [5.74, 6) is 1.98. The van der Waals surface area contributed by atoms with Crippen molar-refractivity contribution in [2.45, 2.75) is 51.1 Å². The topological polar surface area (TPSA) is 40.7 Å². The van der Waals surface area contributed by atoms with Crippen molar-refractivity contribution in [3.63, 3.8) is 0 Å². The van der Waals surface area contributed by atoms with Gasteiger partial charge in [-0.25, -0.2) is 4.98 Å². The highest BCUT2D eigenvalue weighted by Crippen LogP contribution is 2.32. The van der Waals surface area contributed by atoms with Crippen LogP contribution in [-0.4, -0.2) is 22.1 Å². The van der Waals surface area contributed by atoms with E-state index in [0.717, 1.165) is 29.9 Å². The van der Waals surface area contributed by atoms with Gasteiger partial charge in [0.1, 0.15) is 5.82 Å². The van der Waals surface area contributed by atoms with E-state index in [2.05, 4.69) is 35.4 Å². The number of fused-ring (bicyclic) bond motifs is 3. The highest BCUT2D eigenvalue weighted by molar-refractivity contribution is 5.75. The third kappa shape index (κ3) is 2.16. The summed E-state index contributed by atoms with van der Waals surface area (Å²) in [4.78, 5) is 8.24. The molecule has 19 heavy (non-hydrogen) atoms. The molecule has 1 aromatic heterocycles. The first kappa shape index (κ1) is 11.5. The zero-order valence-electron chi connectivity index (χ0n) is 11.4. The molecule has 2 bridgehead atoms. The Labute approximate surface area is 113 Å². The van der Waals surface area contributed by atoms with Crippen LogP contribution in [0.2, 0.25) is 0 Å². The summed E-state index contributed by atoms with van der Waals surface area (Å²) in [6.45, 7) is 2.13. The first-order valence-corrected chi connectivity index (χ1v) is 7.47. The van der Waals surface area contributed by atoms with E-state index in [1.165, 1.54) is 42.6 Å². The van der Waals surface area contributed by atoms with Gasteiger partial charge in [-0.1, -0.05) is 6.07 Å². The minimum absolute atomic E-state index is 0.773. The maximum atomic E-state index is 4.74. The van der Waals surface area contributed by atoms with E-state index < -0.39 is 0 Å². The number of aryl methyl sites for hydroxylation is 1. The number of piperidine rings is 1. The lowest BCUT2D eigenvalue weighted by Gasteiger charge is -2.28. The zero-order valence-corrected chi connectivity index (χ0v) is 11.4. The van der Waals surface area contributed by atoms with Gasteiger partial charge in [0.2, 0.25) is 0 Å². The molecular weight excluding hydrogens is 234 g/mol. The molecule has 2 aliphatic rings. The van der Waals surface area contributed by atoms with Crippen molar-refractivity contribution in [3.05, 3.63) is 29.6 Å². The molecule has 2 saturated heterocycles. The van der Waals surface area contributed by atoms with Crippen molar-refractivity contribution in [1.82, 2.24) is 15.3 Å². The van der Waals surface area contributed by atoms with Crippen LogP contribution < -0.4 is 5.32 Å². The normalized spacial score (nSPS) is 30.1. The Balaban J connectivity index is 1.54. The van der Waals surface area contributed by atoms with Crippen LogP contribution in [0.15, 0.2) is 18.2 Å². The van der Waals surface area contributed by atoms with Gasteiger partial charge >= 0.3 is 0 Å². The van der Waals surface area contributed by atoms with E-state index in [1.54, 1.807) is 0 Å². The van der Waals surface area contributed by atoms with Crippen molar-refractivity contribution >= 4 is 11.0 Å². The van der Waals surface area contributed by atoms with Gasteiger partial charge in [-0.05, 0) is 56.2 Å². The van der Waals surface area contributed by atoms with Crippen LogP contribution >= 0.6 is 0 Å². The van der Waals surface area contributed by atoms with E-state index in [9.17, 15) is 0 Å². The largest absolute Gasteiger partial charge is 0.342 e. The van der Waals surface area contributed by atoms with Crippen LogP contribution in [0.3, 0.4) is 0 Å². The SMILES string of the molecule is Cc1ccc2nc(CC3CC4CCC(C3)N4)[nH]c2c1. The molecule has 2 fully saturated rings. The molecule has 0 amide bonds. The molecule has 0 aliphatic carbocycles. The van der Waals surface area contributed by atoms with E-state index in [-0.39, 0.29) is 0 Å². The van der Waals surface area contributed by atoms with Crippen molar-refractivity contribution in [2.24, 2.45) is 5.92 Å². The maximum Gasteiger partial charge on any atom is 0.107 e. The number of imidazole rings is 1. The molecule has 0 radical (unpaired) electrons. The second-order valence-corrected chi connectivity index (χ2v) is 6.38. The minimum atomic E-state index is 0.773. The van der Waals surface area contributed by atoms with Crippen molar-refractivity contribution in [3.8, 4) is 0 Å². The molecule has 1 aromatic carbocycles. The second-order valence-electron chi connectivity index (χ2n) is 6.38. The fourth-order valence-electron chi connectivity index (χ4n) is 3.89. The van der Waals surface area contributed by atoms with Crippen LogP contribution in [0.1, 0.15) is 37.1 Å². The molecule has 2 unspecified atom stereocenters. The van der Waals surface area contributed by atoms with Gasteiger partial charge in [0.15, 0.2) is 0 Å². The Morgan fingerprint density at radius 1 is 1.21 bits per heavy atom. The molecule has 2 aliphatic heterocycles. The number of aromatic nitrogens is 2. The highest BCUT2D eigenvalue weighted by atomic mass is 15.0. The number of nitrogens with one attached hydrogen (secondary N) is 2. The molecule has 100 valence electrons. The van der Waals surface area contributed by atoms with Gasteiger partial charge in [-0.2, -0.15) is 0 Å². The van der Waals surface area contributed by atoms with Gasteiger partial charge in [0, 0.05) is 18.5 Å². The third-order valence-electron chi connectivity index (χ3n) is 4.74. The monoisotopic (exact) mass is 255 g/mol. The lowest BCUT2D eigenvalue weighted by atomic mass is 9.89. The summed E-state index contributed by atoms with van der Waals surface area (Å²) in [6, 6.07) is 8.00. The van der Waals surface area contributed by atoms with E-state index in [1.807, 2.05) is 0 Å². The second kappa shape index (κ2) is 4.34. The van der Waals surface area contributed by atoms with Gasteiger partial charge in [-0.15, -0.1) is 0 Å². The molecule has 2 aromatic rings. The average molecular weight is 255 g/mol. The van der Waals surface area contributed by atoms with Crippen LogP contribution in [0.5, 0.6) is 0 Å². The molecule has 0 spiro atoms. The van der Waals surface area contributed by atoms with E-state index in [4.69, 9.17) is 4.98 Å². The summed E-state index contributed by atoms with van der Waals surface area (Å²) >= 11 is 0. The van der Waals surface area contributed by atoms with Crippen molar-refractivity contribution in [1.29, 1.82) is 0 Å². The number of hydrogen-bond donors (Lipinski definition) is 2. The summed E-state index contributed by atoms with van der Waals surface area (Å²) in [6.07, 6.45) is 6.52. The lowest BCUT2D eigenvalue weighted by molar-refractivity contribution is 0.295. The number of H-pyrrole nitrogens is 1. The van der Waals surface area contributed by atoms with Crippen LogP contribution in [0.25, 0.3) is 11.0 Å². The minimum Gasteiger partial charge on any atom is -0.342 e. The quantitative estimate of drug-likeness (QED) is 0.866. The first-order valence-electron chi connectivity index (χ1n) is 7.47. The third-order valence-corrected chi connectivity index (χ3v) is 4.74. The van der Waals surface area contributed by atoms with Crippen LogP contribution in [-0.2, 0) is 6.42 Å². The van der Waals surface area contributed by atoms with Crippen LogP contribution in [0.4, 0.5) is 0 Å². The molecule has 4 rings (SSSR count). The summed E-state index contributed by atoms with van der Waals surface area (Å²) in [7, 11) is 0. The van der Waals surface area contributed by atoms with Gasteiger partial charge in [0.25, 0.3) is 0 Å². The lowest BCUT2D eigenvalue weighted by Crippen LogP contribution is -2.38. The Kier molecular flexibility index (Phi) is 2.62. The first-order chi connectivity index (χ1) is 9.26. The zero-order chi connectivity index (χ0) is 12.8. The van der Waals surface area contributed by atoms with Crippen LogP contribution in [0, 0.1) is 12.8 Å². The molecule has 0 saturated carbocycles. The van der Waals surface area contributed by atoms with E-state index in [0.29, 0.717) is 0 Å². The predicted molar refractivity (Wildman–Crippen MR) is 77.2 cm³/mol. The Bertz CT molecular complexity index is 589. The standard InChI is InChI=1S/C16H21N3/c1-10-2-5-14-15(6-10)19-16(18-14)9-11-7-12-3-4-13(8-11)17-12/h2,5-6,11-13,17H,3-4,7-9H2,1H3,(H,18,19). The summed E-state index contributed by atoms with van der Waals surface area (Å²) in [5, 5.41) is 3.71. The summed E-state index contributed by atoms with van der Waals surface area (Å²) in [5.41, 5.74) is 3.59. The van der Waals surface area contributed by atoms with Crippen molar-refractivity contribution < 1.29 is 0 Å². The Morgan fingerprint density at radius 3 is 2.79 bits per heavy atom. The average Bonchev–Trinajstić information content (AvgIpc) is 2.92. The molecule has 2 N–H and O–H groups in total. The molecule has 2 atom stereocenters. The number of hydrogen-bond acceptors (Lipinski definition) is 2. The molecular formula is C16H21N3. The van der Waals surface area contributed by atoms with E-state index >= 15 is 0 Å². The number of rotatable bonds is 2. The number of benzene rings is 1. The number of aromatic amines is 1. The molecule has 3 heteroatoms. The fourth-order valence-corrected chi connectivity index (χ4v) is 3.89. The van der Waals surface area contributed by atoms with Gasteiger partial charge in [0.05, 0.1) is 11.0 Å². The molecule has 3 nitrogen and oxygen atoms in total. The Hall–Kier alpha value is -1.35. The van der Waals surface area contributed by atoms with Gasteiger partial charge < -0.3 is 10.3 Å². The highest BCUT2D eigenvalue weighted by Gasteiger charge is 2.33. The predicted octanol–water partition coefficient (Wildman–Crippen LogP) is 2.94. The van der Waals surface area contributed by atoms with Gasteiger partial charge in [-0.3, -0.25) is 0 Å². The summed E-state index contributed by atoms with van der Waals surface area (Å²) < 4.78 is 0. The van der Waals surface area contributed by atoms with Crippen molar-refractivity contribution in [2.75, 3.05) is 0 Å². The Morgan fingerprint density at radius 2 is 2.00 bits per heavy atom. The molecule has 3 heterocycles. The fraction of sp³-hybridized carbons (Fsp3) is 0.562. The smallest absolute Gasteiger partial charge is 0.107 e. The number of nitrogens with zero attached hydrogens (tertiary/aromatic N) is 1.